The van der Waals surface area contributed by atoms with Gasteiger partial charge in [0, 0.05) is 43.0 Å². The summed E-state index contributed by atoms with van der Waals surface area (Å²) in [6.45, 7) is 4.29. The highest BCUT2D eigenvalue weighted by Crippen LogP contribution is 2.37. The number of fused-ring (bicyclic) bond motifs is 1. The number of carbonyl (C=O) groups excluding carboxylic acids is 1. The molecule has 1 aliphatic rings. The van der Waals surface area contributed by atoms with Crippen LogP contribution in [0, 0.1) is 6.92 Å². The highest BCUT2D eigenvalue weighted by atomic mass is 79.9. The summed E-state index contributed by atoms with van der Waals surface area (Å²) in [7, 11) is 1.50. The minimum atomic E-state index is -4.74. The number of rotatable bonds is 6. The molecule has 13 heteroatoms. The molecule has 1 N–H and O–H groups in total. The van der Waals surface area contributed by atoms with Gasteiger partial charge in [-0.1, -0.05) is 6.07 Å². The van der Waals surface area contributed by atoms with Gasteiger partial charge in [0.05, 0.1) is 31.6 Å². The Bertz CT molecular complexity index is 1560. The van der Waals surface area contributed by atoms with E-state index >= 15 is 0 Å². The van der Waals surface area contributed by atoms with Gasteiger partial charge in [-0.2, -0.15) is 18.3 Å². The number of aromatic nitrogens is 4. The van der Waals surface area contributed by atoms with E-state index in [4.69, 9.17) is 4.74 Å². The van der Waals surface area contributed by atoms with Crippen molar-refractivity contribution in [3.05, 3.63) is 75.8 Å². The molecule has 0 radical (unpaired) electrons. The molecule has 3 aromatic heterocycles. The molecular formula is C28H28BrF3N6O3. The zero-order valence-corrected chi connectivity index (χ0v) is 24.1. The molecule has 0 saturated carbocycles. The molecule has 1 aromatic carbocycles. The van der Waals surface area contributed by atoms with Crippen LogP contribution in [0.25, 0.3) is 16.9 Å². The summed E-state index contributed by atoms with van der Waals surface area (Å²) in [5.74, 6) is 0.0971. The molecule has 0 bridgehead atoms. The number of pyridine rings is 1. The monoisotopic (exact) mass is 632 g/mol. The topological polar surface area (TPSA) is 96.1 Å². The van der Waals surface area contributed by atoms with Crippen LogP contribution in [0.5, 0.6) is 5.75 Å². The largest absolute Gasteiger partial charge is 0.497 e. The van der Waals surface area contributed by atoms with E-state index in [0.29, 0.717) is 40.1 Å². The normalized spacial score (nSPS) is 17.2. The molecule has 1 unspecified atom stereocenters. The first kappa shape index (κ1) is 29.0. The van der Waals surface area contributed by atoms with Crippen LogP contribution in [-0.2, 0) is 6.18 Å². The molecule has 1 amide bonds. The van der Waals surface area contributed by atoms with Crippen molar-refractivity contribution in [2.45, 2.75) is 32.1 Å². The van der Waals surface area contributed by atoms with Gasteiger partial charge in [-0.05, 0) is 65.7 Å². The Morgan fingerprint density at radius 1 is 1.17 bits per heavy atom. The van der Waals surface area contributed by atoms with Crippen molar-refractivity contribution in [2.75, 3.05) is 33.4 Å². The molecule has 4 heterocycles. The van der Waals surface area contributed by atoms with E-state index in [1.807, 2.05) is 13.0 Å². The lowest BCUT2D eigenvalue weighted by Gasteiger charge is -2.42. The van der Waals surface area contributed by atoms with Crippen LogP contribution >= 0.6 is 15.9 Å². The molecule has 41 heavy (non-hydrogen) atoms. The lowest BCUT2D eigenvalue weighted by molar-refractivity contribution is -0.143. The van der Waals surface area contributed by atoms with Gasteiger partial charge in [0.15, 0.2) is 11.3 Å². The number of methoxy groups -OCH3 is 1. The van der Waals surface area contributed by atoms with E-state index in [1.165, 1.54) is 14.0 Å². The molecule has 216 valence electrons. The summed E-state index contributed by atoms with van der Waals surface area (Å²) in [5, 5.41) is 14.1. The number of nitrogens with zero attached hydrogens (tertiary/aromatic N) is 6. The third kappa shape index (κ3) is 5.53. The van der Waals surface area contributed by atoms with Gasteiger partial charge in [-0.15, -0.1) is 0 Å². The van der Waals surface area contributed by atoms with E-state index in [-0.39, 0.29) is 41.2 Å². The predicted octanol–water partition coefficient (Wildman–Crippen LogP) is 4.77. The highest BCUT2D eigenvalue weighted by molar-refractivity contribution is 9.10. The number of ether oxygens (including phenoxy) is 1. The second kappa shape index (κ2) is 11.4. The summed E-state index contributed by atoms with van der Waals surface area (Å²) in [6.07, 6.45) is -1.89. The van der Waals surface area contributed by atoms with Crippen LogP contribution in [-0.4, -0.2) is 79.8 Å². The van der Waals surface area contributed by atoms with Crippen molar-refractivity contribution in [1.29, 1.82) is 0 Å². The molecular weight excluding hydrogens is 605 g/mol. The fourth-order valence-corrected chi connectivity index (χ4v) is 5.56. The van der Waals surface area contributed by atoms with Gasteiger partial charge in [-0.3, -0.25) is 9.69 Å². The molecule has 2 atom stereocenters. The Hall–Kier alpha value is -3.55. The predicted molar refractivity (Wildman–Crippen MR) is 149 cm³/mol. The summed E-state index contributed by atoms with van der Waals surface area (Å²) in [5.41, 5.74) is 0.138. The Morgan fingerprint density at radius 2 is 1.90 bits per heavy atom. The first-order chi connectivity index (χ1) is 19.5. The zero-order chi connectivity index (χ0) is 29.5. The standard InChI is InChI=1S/C28H28BrF3N6O3/c1-16-14-36(22(15-39)19-6-9-23(29)33-12-19)10-11-37(16)27(40)21-13-34-38-25(28(30,31)32)17(2)24(35-26(21)38)18-4-7-20(41-3)8-5-18/h4-9,12-13,16,22,39H,10-11,14-15H2,1-3H3/t16-,22?/m1/s1. The minimum absolute atomic E-state index is 0.0126. The average Bonchev–Trinajstić information content (AvgIpc) is 3.36. The molecule has 9 nitrogen and oxygen atoms in total. The Balaban J connectivity index is 1.48. The SMILES string of the molecule is COc1ccc(-c2nc3c(C(=O)N4CCN(C(CO)c5ccc(Br)nc5)C[C@H]4C)cnn3c(C(F)(F)F)c2C)cc1. The van der Waals surface area contributed by atoms with Gasteiger partial charge in [-0.25, -0.2) is 14.5 Å². The van der Waals surface area contributed by atoms with E-state index < -0.39 is 17.8 Å². The molecule has 4 aromatic rings. The fourth-order valence-electron chi connectivity index (χ4n) is 5.33. The summed E-state index contributed by atoms with van der Waals surface area (Å²) >= 11 is 3.31. The maximum Gasteiger partial charge on any atom is 0.433 e. The second-order valence-corrected chi connectivity index (χ2v) is 10.7. The average molecular weight is 633 g/mol. The van der Waals surface area contributed by atoms with Crippen LogP contribution in [0.4, 0.5) is 13.2 Å². The molecule has 0 aliphatic carbocycles. The van der Waals surface area contributed by atoms with Crippen molar-refractivity contribution < 1.29 is 27.8 Å². The van der Waals surface area contributed by atoms with Crippen molar-refractivity contribution in [2.24, 2.45) is 0 Å². The summed E-state index contributed by atoms with van der Waals surface area (Å²) in [4.78, 5) is 26.2. The third-order valence-electron chi connectivity index (χ3n) is 7.41. The number of benzene rings is 1. The van der Waals surface area contributed by atoms with Crippen LogP contribution in [0.3, 0.4) is 0 Å². The number of alkyl halides is 3. The Labute approximate surface area is 242 Å². The number of aliphatic hydroxyl groups excluding tert-OH is 1. The van der Waals surface area contributed by atoms with Gasteiger partial charge >= 0.3 is 6.18 Å². The van der Waals surface area contributed by atoms with Crippen molar-refractivity contribution in [1.82, 2.24) is 29.4 Å². The third-order valence-corrected chi connectivity index (χ3v) is 7.88. The number of aliphatic hydroxyl groups is 1. The van der Waals surface area contributed by atoms with Gasteiger partial charge < -0.3 is 14.7 Å². The van der Waals surface area contributed by atoms with Crippen molar-refractivity contribution in [3.63, 3.8) is 0 Å². The fraction of sp³-hybridized carbons (Fsp3) is 0.357. The molecule has 1 fully saturated rings. The van der Waals surface area contributed by atoms with Crippen LogP contribution in [0.2, 0.25) is 0 Å². The number of hydrogen-bond donors (Lipinski definition) is 1. The number of halogens is 4. The Morgan fingerprint density at radius 3 is 2.49 bits per heavy atom. The van der Waals surface area contributed by atoms with Crippen LogP contribution in [0.1, 0.15) is 40.1 Å². The number of hydrogen-bond acceptors (Lipinski definition) is 7. The number of amides is 1. The summed E-state index contributed by atoms with van der Waals surface area (Å²) < 4.78 is 49.5. The molecule has 0 spiro atoms. The van der Waals surface area contributed by atoms with E-state index in [9.17, 15) is 23.1 Å². The minimum Gasteiger partial charge on any atom is -0.497 e. The van der Waals surface area contributed by atoms with E-state index in [0.717, 1.165) is 11.8 Å². The van der Waals surface area contributed by atoms with Gasteiger partial charge in [0.1, 0.15) is 15.9 Å². The smallest absolute Gasteiger partial charge is 0.433 e. The Kier molecular flexibility index (Phi) is 8.04. The quantitative estimate of drug-likeness (QED) is 0.306. The van der Waals surface area contributed by atoms with Crippen molar-refractivity contribution in [3.8, 4) is 17.0 Å². The van der Waals surface area contributed by atoms with Crippen molar-refractivity contribution >= 4 is 27.5 Å². The number of piperazine rings is 1. The first-order valence-corrected chi connectivity index (χ1v) is 13.7. The molecule has 1 aliphatic heterocycles. The van der Waals surface area contributed by atoms with Gasteiger partial charge in [0.25, 0.3) is 5.91 Å². The first-order valence-electron chi connectivity index (χ1n) is 12.9. The molecule has 1 saturated heterocycles. The maximum atomic E-state index is 14.3. The second-order valence-electron chi connectivity index (χ2n) is 9.91. The van der Waals surface area contributed by atoms with Crippen LogP contribution < -0.4 is 4.74 Å². The lowest BCUT2D eigenvalue weighted by atomic mass is 10.0. The summed E-state index contributed by atoms with van der Waals surface area (Å²) in [6, 6.07) is 9.62. The van der Waals surface area contributed by atoms with E-state index in [2.05, 4.69) is 35.9 Å². The lowest BCUT2D eigenvalue weighted by Crippen LogP contribution is -2.55. The molecule has 5 rings (SSSR count). The van der Waals surface area contributed by atoms with Gasteiger partial charge in [0.2, 0.25) is 0 Å². The highest BCUT2D eigenvalue weighted by Gasteiger charge is 2.39. The zero-order valence-electron chi connectivity index (χ0n) is 22.6. The van der Waals surface area contributed by atoms with E-state index in [1.54, 1.807) is 41.4 Å². The number of carbonyl (C=O) groups is 1. The van der Waals surface area contributed by atoms with Crippen LogP contribution in [0.15, 0.2) is 53.4 Å². The maximum absolute atomic E-state index is 14.3.